The molecule has 0 saturated heterocycles. The first-order valence-corrected chi connectivity index (χ1v) is 10.9. The van der Waals surface area contributed by atoms with Crippen molar-refractivity contribution in [2.24, 2.45) is 5.92 Å². The maximum atomic E-state index is 13.4. The summed E-state index contributed by atoms with van der Waals surface area (Å²) in [5.74, 6) is -1.32. The Hall–Kier alpha value is -3.59. The molecule has 3 heterocycles. The summed E-state index contributed by atoms with van der Waals surface area (Å²) in [6.07, 6.45) is 1.83. The third-order valence-corrected chi connectivity index (χ3v) is 6.34. The van der Waals surface area contributed by atoms with Gasteiger partial charge in [-0.2, -0.15) is 0 Å². The first-order chi connectivity index (χ1) is 15.8. The molecule has 33 heavy (non-hydrogen) atoms. The van der Waals surface area contributed by atoms with E-state index >= 15 is 0 Å². The molecule has 0 saturated carbocycles. The van der Waals surface area contributed by atoms with Gasteiger partial charge in [-0.15, -0.1) is 0 Å². The summed E-state index contributed by atoms with van der Waals surface area (Å²) in [4.78, 5) is 40.6. The number of carbonyl (C=O) groups is 1. The Morgan fingerprint density at radius 1 is 1.33 bits per heavy atom. The van der Waals surface area contributed by atoms with E-state index < -0.39 is 16.8 Å². The van der Waals surface area contributed by atoms with Crippen LogP contribution in [0.4, 0.5) is 5.69 Å². The highest BCUT2D eigenvalue weighted by Crippen LogP contribution is 2.35. The van der Waals surface area contributed by atoms with Crippen LogP contribution in [-0.4, -0.2) is 39.3 Å². The predicted molar refractivity (Wildman–Crippen MR) is 123 cm³/mol. The van der Waals surface area contributed by atoms with Gasteiger partial charge in [-0.05, 0) is 43.0 Å². The molecule has 1 unspecified atom stereocenters. The number of hydrogen-bond acceptors (Lipinski definition) is 6. The highest BCUT2D eigenvalue weighted by molar-refractivity contribution is 5.91. The topological polar surface area (TPSA) is 125 Å². The smallest absolute Gasteiger partial charge is 0.306 e. The van der Waals surface area contributed by atoms with Crippen molar-refractivity contribution >= 4 is 22.6 Å². The number of aliphatic carboxylic acids is 1. The summed E-state index contributed by atoms with van der Waals surface area (Å²) in [6, 6.07) is 8.42. The van der Waals surface area contributed by atoms with Gasteiger partial charge in [-0.1, -0.05) is 13.0 Å². The van der Waals surface area contributed by atoms with E-state index in [0.717, 1.165) is 11.1 Å². The number of hydrogen-bond donors (Lipinski definition) is 1. The van der Waals surface area contributed by atoms with Crippen molar-refractivity contribution in [2.45, 2.75) is 39.2 Å². The van der Waals surface area contributed by atoms with E-state index in [1.807, 2.05) is 13.0 Å². The largest absolute Gasteiger partial charge is 0.481 e. The van der Waals surface area contributed by atoms with E-state index in [1.165, 1.54) is 6.07 Å². The molecule has 0 aliphatic carbocycles. The molecule has 1 N–H and O–H groups in total. The number of nitro groups is 1. The molecule has 9 heteroatoms. The summed E-state index contributed by atoms with van der Waals surface area (Å²) in [5.41, 5.74) is 3.77. The molecule has 0 spiro atoms. The van der Waals surface area contributed by atoms with Crippen molar-refractivity contribution in [1.29, 1.82) is 0 Å². The summed E-state index contributed by atoms with van der Waals surface area (Å²) in [6.45, 7) is 2.50. The molecule has 172 valence electrons. The van der Waals surface area contributed by atoms with Crippen molar-refractivity contribution in [1.82, 2.24) is 9.55 Å². The molecule has 2 aromatic heterocycles. The van der Waals surface area contributed by atoms with E-state index in [2.05, 4.69) is 4.98 Å². The normalized spacial score (nSPS) is 13.0. The molecule has 1 aromatic carbocycles. The number of benzene rings is 1. The van der Waals surface area contributed by atoms with Gasteiger partial charge in [-0.25, -0.2) is 4.98 Å². The van der Waals surface area contributed by atoms with Gasteiger partial charge in [0.2, 0.25) is 0 Å². The molecular formula is C24H25N3O6. The van der Waals surface area contributed by atoms with Crippen molar-refractivity contribution in [3.05, 3.63) is 67.5 Å². The Balaban J connectivity index is 1.83. The van der Waals surface area contributed by atoms with Crippen LogP contribution in [0.5, 0.6) is 0 Å². The summed E-state index contributed by atoms with van der Waals surface area (Å²) in [7, 11) is 1.57. The quantitative estimate of drug-likeness (QED) is 0.305. The molecule has 3 aromatic rings. The number of pyridine rings is 2. The second kappa shape index (κ2) is 9.11. The Bertz CT molecular complexity index is 1310. The van der Waals surface area contributed by atoms with E-state index in [0.29, 0.717) is 60.1 Å². The van der Waals surface area contributed by atoms with Gasteiger partial charge >= 0.3 is 5.97 Å². The van der Waals surface area contributed by atoms with Crippen molar-refractivity contribution in [2.75, 3.05) is 13.7 Å². The van der Waals surface area contributed by atoms with Gasteiger partial charge in [-0.3, -0.25) is 19.7 Å². The zero-order valence-electron chi connectivity index (χ0n) is 18.5. The van der Waals surface area contributed by atoms with Crippen LogP contribution in [0, 0.1) is 16.0 Å². The van der Waals surface area contributed by atoms with Gasteiger partial charge in [0.25, 0.3) is 11.2 Å². The van der Waals surface area contributed by atoms with E-state index in [1.54, 1.807) is 29.9 Å². The number of rotatable bonds is 9. The lowest BCUT2D eigenvalue weighted by atomic mass is 9.94. The van der Waals surface area contributed by atoms with Crippen LogP contribution in [0.2, 0.25) is 0 Å². The maximum absolute atomic E-state index is 13.4. The fraction of sp³-hybridized carbons (Fsp3) is 0.375. The first kappa shape index (κ1) is 22.6. The third-order valence-electron chi connectivity index (χ3n) is 6.34. The Morgan fingerprint density at radius 3 is 2.79 bits per heavy atom. The summed E-state index contributed by atoms with van der Waals surface area (Å²) >= 11 is 0. The molecule has 0 bridgehead atoms. The van der Waals surface area contributed by atoms with E-state index in [9.17, 15) is 24.8 Å². The van der Waals surface area contributed by atoms with Crippen LogP contribution in [0.3, 0.4) is 0 Å². The third kappa shape index (κ3) is 4.11. The molecule has 1 atom stereocenters. The van der Waals surface area contributed by atoms with Crippen LogP contribution in [0.15, 0.2) is 35.1 Å². The Kier molecular flexibility index (Phi) is 6.24. The highest BCUT2D eigenvalue weighted by Gasteiger charge is 2.27. The van der Waals surface area contributed by atoms with Gasteiger partial charge in [0.1, 0.15) is 0 Å². The molecule has 1 aliphatic rings. The number of carboxylic acid groups (broad SMARTS) is 1. The van der Waals surface area contributed by atoms with Crippen molar-refractivity contribution < 1.29 is 19.6 Å². The monoisotopic (exact) mass is 451 g/mol. The summed E-state index contributed by atoms with van der Waals surface area (Å²) in [5, 5.41) is 21.3. The number of nitro benzene ring substituents is 1. The number of carboxylic acids is 1. The van der Waals surface area contributed by atoms with Crippen molar-refractivity contribution in [3.63, 3.8) is 0 Å². The average molecular weight is 451 g/mol. The van der Waals surface area contributed by atoms with E-state index in [4.69, 9.17) is 4.74 Å². The molecule has 4 rings (SSSR count). The van der Waals surface area contributed by atoms with Crippen LogP contribution >= 0.6 is 0 Å². The van der Waals surface area contributed by atoms with Gasteiger partial charge in [0.05, 0.1) is 46.3 Å². The molecular weight excluding hydrogens is 426 g/mol. The number of aryl methyl sites for hydroxylation is 1. The van der Waals surface area contributed by atoms with Gasteiger partial charge in [0.15, 0.2) is 0 Å². The number of ether oxygens (including phenoxy) is 1. The highest BCUT2D eigenvalue weighted by atomic mass is 16.6. The Labute approximate surface area is 189 Å². The standard InChI is InChI=1S/C24H25N3O6/c1-3-14(24(29)30)7-8-15-12-21-22-16(13-26(21)23(28)17(15)9-10-33-2)11-18-19(25-22)5-4-6-20(18)27(31)32/h4-6,11-12,14H,3,7-10,13H2,1-2H3,(H,29,30). The molecule has 1 aliphatic heterocycles. The van der Waals surface area contributed by atoms with Crippen LogP contribution in [0.1, 0.15) is 36.5 Å². The molecule has 0 amide bonds. The van der Waals surface area contributed by atoms with Crippen LogP contribution in [-0.2, 0) is 28.9 Å². The average Bonchev–Trinajstić information content (AvgIpc) is 3.14. The first-order valence-electron chi connectivity index (χ1n) is 10.9. The number of methoxy groups -OCH3 is 1. The minimum absolute atomic E-state index is 0.0214. The Morgan fingerprint density at radius 2 is 2.12 bits per heavy atom. The van der Waals surface area contributed by atoms with Gasteiger partial charge < -0.3 is 14.4 Å². The number of non-ortho nitro benzene ring substituents is 1. The van der Waals surface area contributed by atoms with Crippen molar-refractivity contribution in [3.8, 4) is 11.4 Å². The number of nitrogens with zero attached hydrogens (tertiary/aromatic N) is 3. The van der Waals surface area contributed by atoms with E-state index in [-0.39, 0.29) is 17.8 Å². The van der Waals surface area contributed by atoms with Crippen LogP contribution < -0.4 is 5.56 Å². The zero-order chi connectivity index (χ0) is 23.7. The number of fused-ring (bicyclic) bond motifs is 4. The second-order valence-corrected chi connectivity index (χ2v) is 8.25. The number of aromatic nitrogens is 2. The summed E-state index contributed by atoms with van der Waals surface area (Å²) < 4.78 is 6.84. The maximum Gasteiger partial charge on any atom is 0.306 e. The molecule has 0 radical (unpaired) electrons. The molecule has 9 nitrogen and oxygen atoms in total. The SMILES string of the molecule is CCC(CCc1cc2n(c(=O)c1CCOC)Cc1cc3c([N+](=O)[O-])cccc3nc1-2)C(=O)O. The minimum Gasteiger partial charge on any atom is -0.481 e. The fourth-order valence-corrected chi connectivity index (χ4v) is 4.51. The predicted octanol–water partition coefficient (Wildman–Crippen LogP) is 3.57. The lowest BCUT2D eigenvalue weighted by molar-refractivity contribution is -0.383. The minimum atomic E-state index is -0.839. The van der Waals surface area contributed by atoms with Gasteiger partial charge in [0, 0.05) is 30.7 Å². The van der Waals surface area contributed by atoms with Crippen LogP contribution in [0.25, 0.3) is 22.3 Å². The molecule has 0 fully saturated rings. The lowest BCUT2D eigenvalue weighted by Gasteiger charge is -2.15. The second-order valence-electron chi connectivity index (χ2n) is 8.25. The lowest BCUT2D eigenvalue weighted by Crippen LogP contribution is -2.26. The zero-order valence-corrected chi connectivity index (χ0v) is 18.5. The fourth-order valence-electron chi connectivity index (χ4n) is 4.51.